The maximum absolute atomic E-state index is 6.03. The molecular weight excluding hydrogens is 290 g/mol. The van der Waals surface area contributed by atoms with Crippen LogP contribution in [0.2, 0.25) is 0 Å². The fraction of sp³-hybridized carbons (Fsp3) is 0.389. The lowest BCUT2D eigenvalue weighted by Crippen LogP contribution is -2.19. The average Bonchev–Trinajstić information content (AvgIpc) is 3.02. The van der Waals surface area contributed by atoms with Crippen molar-refractivity contribution < 1.29 is 9.15 Å². The van der Waals surface area contributed by atoms with E-state index in [1.807, 2.05) is 32.2 Å². The number of nitrogens with one attached hydrogen (secondary N) is 1. The highest BCUT2D eigenvalue weighted by atomic mass is 16.5. The smallest absolute Gasteiger partial charge is 0.216 e. The first-order valence-electron chi connectivity index (χ1n) is 7.80. The number of fused-ring (bicyclic) bond motifs is 1. The minimum atomic E-state index is 0.103. The van der Waals surface area contributed by atoms with Gasteiger partial charge in [-0.1, -0.05) is 18.2 Å². The van der Waals surface area contributed by atoms with Crippen LogP contribution in [0.15, 0.2) is 28.7 Å². The summed E-state index contributed by atoms with van der Waals surface area (Å²) in [6.45, 7) is 6.90. The number of aromatic nitrogens is 2. The van der Waals surface area contributed by atoms with Gasteiger partial charge >= 0.3 is 0 Å². The molecule has 1 atom stereocenters. The molecule has 5 heteroatoms. The Labute approximate surface area is 136 Å². The first-order chi connectivity index (χ1) is 11.0. The second-order valence-corrected chi connectivity index (χ2v) is 5.89. The molecule has 3 aromatic rings. The van der Waals surface area contributed by atoms with Crippen LogP contribution in [0, 0.1) is 13.8 Å². The summed E-state index contributed by atoms with van der Waals surface area (Å²) in [4.78, 5) is 0. The third-order valence-corrected chi connectivity index (χ3v) is 4.34. The van der Waals surface area contributed by atoms with Crippen molar-refractivity contribution >= 4 is 11.0 Å². The predicted molar refractivity (Wildman–Crippen MR) is 90.7 cm³/mol. The molecule has 5 nitrogen and oxygen atoms in total. The molecule has 0 radical (unpaired) electrons. The summed E-state index contributed by atoms with van der Waals surface area (Å²) >= 11 is 0. The number of aryl methyl sites for hydroxylation is 3. The Morgan fingerprint density at radius 2 is 2.04 bits per heavy atom. The summed E-state index contributed by atoms with van der Waals surface area (Å²) in [6, 6.07) is 8.24. The Kier molecular flexibility index (Phi) is 4.13. The third kappa shape index (κ3) is 2.72. The quantitative estimate of drug-likeness (QED) is 0.781. The molecule has 0 aliphatic rings. The zero-order valence-electron chi connectivity index (χ0n) is 14.3. The van der Waals surface area contributed by atoms with E-state index in [0.717, 1.165) is 28.5 Å². The molecule has 0 unspecified atom stereocenters. The van der Waals surface area contributed by atoms with Crippen LogP contribution < -0.4 is 10.1 Å². The lowest BCUT2D eigenvalue weighted by molar-refractivity contribution is 0.365. The summed E-state index contributed by atoms with van der Waals surface area (Å²) in [5.41, 5.74) is 4.18. The summed E-state index contributed by atoms with van der Waals surface area (Å²) in [5.74, 6) is 1.77. The van der Waals surface area contributed by atoms with E-state index in [1.165, 1.54) is 10.9 Å². The van der Waals surface area contributed by atoms with Gasteiger partial charge in [0.25, 0.3) is 0 Å². The molecule has 23 heavy (non-hydrogen) atoms. The van der Waals surface area contributed by atoms with Gasteiger partial charge in [-0.25, -0.2) is 4.68 Å². The largest absolute Gasteiger partial charge is 0.481 e. The Morgan fingerprint density at radius 1 is 1.30 bits per heavy atom. The molecule has 0 saturated heterocycles. The molecular formula is C18H23N3O2. The Bertz CT molecular complexity index is 832. The second-order valence-electron chi connectivity index (χ2n) is 5.89. The Balaban J connectivity index is 1.82. The van der Waals surface area contributed by atoms with E-state index in [2.05, 4.69) is 30.3 Å². The highest BCUT2D eigenvalue weighted by Crippen LogP contribution is 2.30. The number of hydrogen-bond acceptors (Lipinski definition) is 4. The maximum atomic E-state index is 6.03. The zero-order chi connectivity index (χ0) is 16.6. The van der Waals surface area contributed by atoms with Crippen molar-refractivity contribution in [3.63, 3.8) is 0 Å². The topological polar surface area (TPSA) is 52.2 Å². The highest BCUT2D eigenvalue weighted by Gasteiger charge is 2.19. The van der Waals surface area contributed by atoms with E-state index < -0.39 is 0 Å². The van der Waals surface area contributed by atoms with E-state index in [-0.39, 0.29) is 6.04 Å². The Hall–Kier alpha value is -2.27. The van der Waals surface area contributed by atoms with Gasteiger partial charge in [-0.05, 0) is 32.4 Å². The number of ether oxygens (including phenoxy) is 1. The molecule has 3 rings (SSSR count). The number of para-hydroxylation sites is 1. The van der Waals surface area contributed by atoms with Gasteiger partial charge in [-0.15, -0.1) is 0 Å². The lowest BCUT2D eigenvalue weighted by atomic mass is 10.1. The SMILES string of the molecule is COc1c(CN[C@H](C)c2oc3ccccc3c2C)c(C)nn1C. The minimum absolute atomic E-state index is 0.103. The van der Waals surface area contributed by atoms with Crippen LogP contribution in [0.3, 0.4) is 0 Å². The highest BCUT2D eigenvalue weighted by molar-refractivity contribution is 5.82. The number of methoxy groups -OCH3 is 1. The van der Waals surface area contributed by atoms with Gasteiger partial charge in [0, 0.05) is 19.0 Å². The van der Waals surface area contributed by atoms with Crippen LogP contribution >= 0.6 is 0 Å². The van der Waals surface area contributed by atoms with Crippen molar-refractivity contribution in [1.29, 1.82) is 0 Å². The predicted octanol–water partition coefficient (Wildman–Crippen LogP) is 3.64. The van der Waals surface area contributed by atoms with Crippen LogP contribution in [-0.4, -0.2) is 16.9 Å². The van der Waals surface area contributed by atoms with Gasteiger partial charge in [0.2, 0.25) is 5.88 Å². The van der Waals surface area contributed by atoms with Crippen LogP contribution in [0.25, 0.3) is 11.0 Å². The van der Waals surface area contributed by atoms with Crippen molar-refractivity contribution in [1.82, 2.24) is 15.1 Å². The second kappa shape index (κ2) is 6.08. The summed E-state index contributed by atoms with van der Waals surface area (Å²) in [5, 5.41) is 9.10. The molecule has 0 bridgehead atoms. The summed E-state index contributed by atoms with van der Waals surface area (Å²) < 4.78 is 13.2. The number of rotatable bonds is 5. The summed E-state index contributed by atoms with van der Waals surface area (Å²) in [7, 11) is 3.56. The fourth-order valence-electron chi connectivity index (χ4n) is 3.09. The van der Waals surface area contributed by atoms with Crippen LogP contribution in [-0.2, 0) is 13.6 Å². The molecule has 2 heterocycles. The molecule has 0 fully saturated rings. The van der Waals surface area contributed by atoms with Gasteiger partial charge in [0.05, 0.1) is 24.4 Å². The van der Waals surface area contributed by atoms with Crippen LogP contribution in [0.5, 0.6) is 5.88 Å². The van der Waals surface area contributed by atoms with Gasteiger partial charge in [0.15, 0.2) is 0 Å². The van der Waals surface area contributed by atoms with Gasteiger partial charge in [0.1, 0.15) is 11.3 Å². The van der Waals surface area contributed by atoms with Crippen LogP contribution in [0.4, 0.5) is 0 Å². The normalized spacial score (nSPS) is 12.7. The molecule has 2 aromatic heterocycles. The van der Waals surface area contributed by atoms with E-state index in [0.29, 0.717) is 6.54 Å². The standard InChI is InChI=1S/C18H23N3O2/c1-11-14-8-6-7-9-16(14)23-17(11)13(3)19-10-15-12(2)20-21(4)18(15)22-5/h6-9,13,19H,10H2,1-5H3/t13-/m1/s1. The first kappa shape index (κ1) is 15.6. The maximum Gasteiger partial charge on any atom is 0.216 e. The molecule has 0 saturated carbocycles. The zero-order valence-corrected chi connectivity index (χ0v) is 14.3. The van der Waals surface area contributed by atoms with E-state index in [4.69, 9.17) is 9.15 Å². The number of hydrogen-bond donors (Lipinski definition) is 1. The third-order valence-electron chi connectivity index (χ3n) is 4.34. The van der Waals surface area contributed by atoms with Crippen LogP contribution in [0.1, 0.15) is 35.5 Å². The van der Waals surface area contributed by atoms with Gasteiger partial charge < -0.3 is 14.5 Å². The van der Waals surface area contributed by atoms with Gasteiger partial charge in [-0.3, -0.25) is 0 Å². The molecule has 0 aliphatic heterocycles. The summed E-state index contributed by atoms with van der Waals surface area (Å²) in [6.07, 6.45) is 0. The van der Waals surface area contributed by atoms with Crippen molar-refractivity contribution in [3.05, 3.63) is 46.8 Å². The number of benzene rings is 1. The minimum Gasteiger partial charge on any atom is -0.481 e. The van der Waals surface area contributed by atoms with Crippen molar-refractivity contribution in [3.8, 4) is 5.88 Å². The molecule has 0 amide bonds. The van der Waals surface area contributed by atoms with Gasteiger partial charge in [-0.2, -0.15) is 5.10 Å². The monoisotopic (exact) mass is 313 g/mol. The number of nitrogens with zero attached hydrogens (tertiary/aromatic N) is 2. The molecule has 0 aliphatic carbocycles. The number of furan rings is 1. The van der Waals surface area contributed by atoms with E-state index in [9.17, 15) is 0 Å². The van der Waals surface area contributed by atoms with E-state index >= 15 is 0 Å². The van der Waals surface area contributed by atoms with Crippen molar-refractivity contribution in [2.45, 2.75) is 33.4 Å². The molecule has 0 spiro atoms. The van der Waals surface area contributed by atoms with Crippen molar-refractivity contribution in [2.75, 3.05) is 7.11 Å². The van der Waals surface area contributed by atoms with Crippen molar-refractivity contribution in [2.24, 2.45) is 7.05 Å². The van der Waals surface area contributed by atoms with E-state index in [1.54, 1.807) is 11.8 Å². The lowest BCUT2D eigenvalue weighted by Gasteiger charge is -2.13. The first-order valence-corrected chi connectivity index (χ1v) is 7.80. The fourth-order valence-corrected chi connectivity index (χ4v) is 3.09. The average molecular weight is 313 g/mol. The molecule has 122 valence electrons. The Morgan fingerprint density at radius 3 is 2.74 bits per heavy atom. The molecule has 1 aromatic carbocycles. The molecule has 1 N–H and O–H groups in total.